The molecule has 0 unspecified atom stereocenters. The third kappa shape index (κ3) is 3.29. The predicted octanol–water partition coefficient (Wildman–Crippen LogP) is 4.85. The van der Waals surface area contributed by atoms with Crippen molar-refractivity contribution in [2.75, 3.05) is 5.32 Å². The zero-order chi connectivity index (χ0) is 19.7. The van der Waals surface area contributed by atoms with E-state index in [0.717, 1.165) is 10.9 Å². The van der Waals surface area contributed by atoms with Crippen molar-refractivity contribution >= 4 is 45.8 Å². The van der Waals surface area contributed by atoms with Crippen LogP contribution in [0.25, 0.3) is 16.7 Å². The molecule has 0 aliphatic heterocycles. The number of benzene rings is 2. The van der Waals surface area contributed by atoms with Crippen molar-refractivity contribution in [1.29, 1.82) is 5.26 Å². The molecule has 2 heterocycles. The molecule has 4 aromatic rings. The van der Waals surface area contributed by atoms with Crippen molar-refractivity contribution in [3.8, 4) is 11.9 Å². The number of nitrogens with zero attached hydrogens (tertiary/aromatic N) is 4. The van der Waals surface area contributed by atoms with E-state index in [9.17, 15) is 10.1 Å². The fraction of sp³-hybridized carbons (Fsp3) is 0. The lowest BCUT2D eigenvalue weighted by Crippen LogP contribution is -2.17. The Morgan fingerprint density at radius 1 is 1.11 bits per heavy atom. The highest BCUT2D eigenvalue weighted by atomic mass is 35.5. The second-order valence-electron chi connectivity index (χ2n) is 5.87. The molecule has 0 aliphatic rings. The zero-order valence-corrected chi connectivity index (χ0v) is 15.7. The number of para-hydroxylation sites is 1. The van der Waals surface area contributed by atoms with Gasteiger partial charge in [0.1, 0.15) is 11.6 Å². The molecule has 0 spiro atoms. The summed E-state index contributed by atoms with van der Waals surface area (Å²) >= 11 is 12.0. The highest BCUT2D eigenvalue weighted by Gasteiger charge is 2.18. The number of carbonyl (C=O) groups is 1. The summed E-state index contributed by atoms with van der Waals surface area (Å²) in [6.45, 7) is 0. The number of hydrogen-bond donors (Lipinski definition) is 1. The van der Waals surface area contributed by atoms with Gasteiger partial charge in [-0.25, -0.2) is 4.98 Å². The van der Waals surface area contributed by atoms with Crippen molar-refractivity contribution in [3.63, 3.8) is 0 Å². The number of rotatable bonds is 3. The summed E-state index contributed by atoms with van der Waals surface area (Å²) in [5.41, 5.74) is 1.20. The molecule has 0 aliphatic carbocycles. The minimum absolute atomic E-state index is 0.202. The number of anilines is 1. The number of fused-ring (bicyclic) bond motifs is 1. The van der Waals surface area contributed by atoms with E-state index in [1.807, 2.05) is 36.4 Å². The van der Waals surface area contributed by atoms with Crippen molar-refractivity contribution in [2.45, 2.75) is 0 Å². The fourth-order valence-electron chi connectivity index (χ4n) is 2.75. The minimum atomic E-state index is -0.485. The van der Waals surface area contributed by atoms with Crippen molar-refractivity contribution < 1.29 is 4.79 Å². The average Bonchev–Trinajstić information content (AvgIpc) is 3.10. The molecule has 28 heavy (non-hydrogen) atoms. The van der Waals surface area contributed by atoms with Crippen LogP contribution in [0.5, 0.6) is 0 Å². The molecule has 2 aromatic carbocycles. The average molecular weight is 408 g/mol. The normalized spacial score (nSPS) is 10.6. The number of nitriles is 1. The Kier molecular flexibility index (Phi) is 4.70. The number of nitrogens with one attached hydrogen (secondary N) is 1. The molecule has 8 heteroatoms. The van der Waals surface area contributed by atoms with Gasteiger partial charge in [-0.15, -0.1) is 0 Å². The number of halogens is 2. The van der Waals surface area contributed by atoms with Gasteiger partial charge in [-0.1, -0.05) is 41.4 Å². The van der Waals surface area contributed by atoms with Crippen molar-refractivity contribution in [3.05, 3.63) is 82.0 Å². The maximum atomic E-state index is 12.7. The molecule has 0 atom stereocenters. The van der Waals surface area contributed by atoms with E-state index in [-0.39, 0.29) is 22.0 Å². The standard InChI is InChI=1S/C20H11Cl2N5O/c21-14-6-7-15(16(22)9-14)20(28)26-19-13(10-23)11-24-27(19)18-8-5-12-3-1-2-4-17(12)25-18/h1-9,11H,(H,26,28). The van der Waals surface area contributed by atoms with Gasteiger partial charge < -0.3 is 5.32 Å². The Balaban J connectivity index is 1.75. The van der Waals surface area contributed by atoms with Crippen LogP contribution in [0, 0.1) is 11.3 Å². The fourth-order valence-corrected chi connectivity index (χ4v) is 3.24. The number of carbonyl (C=O) groups excluding carboxylic acids is 1. The highest BCUT2D eigenvalue weighted by Crippen LogP contribution is 2.25. The number of hydrogen-bond acceptors (Lipinski definition) is 4. The Bertz CT molecular complexity index is 1260. The van der Waals surface area contributed by atoms with Crippen molar-refractivity contribution in [1.82, 2.24) is 14.8 Å². The van der Waals surface area contributed by atoms with Crippen LogP contribution in [0.2, 0.25) is 10.0 Å². The quantitative estimate of drug-likeness (QED) is 0.525. The van der Waals surface area contributed by atoms with Crippen LogP contribution < -0.4 is 5.32 Å². The topological polar surface area (TPSA) is 83.6 Å². The van der Waals surface area contributed by atoms with Gasteiger partial charge in [0.2, 0.25) is 0 Å². The van der Waals surface area contributed by atoms with Crippen LogP contribution >= 0.6 is 23.2 Å². The lowest BCUT2D eigenvalue weighted by molar-refractivity contribution is 0.102. The van der Waals surface area contributed by atoms with Gasteiger partial charge in [0.25, 0.3) is 5.91 Å². The summed E-state index contributed by atoms with van der Waals surface area (Å²) in [5, 5.41) is 17.9. The van der Waals surface area contributed by atoms with Gasteiger partial charge in [0.05, 0.1) is 22.3 Å². The van der Waals surface area contributed by atoms with E-state index < -0.39 is 5.91 Å². The van der Waals surface area contributed by atoms with Crippen molar-refractivity contribution in [2.24, 2.45) is 0 Å². The first-order chi connectivity index (χ1) is 13.6. The van der Waals surface area contributed by atoms with Crippen LogP contribution in [-0.2, 0) is 0 Å². The number of aromatic nitrogens is 3. The molecule has 0 fully saturated rings. The molecule has 136 valence electrons. The second-order valence-corrected chi connectivity index (χ2v) is 6.71. The first kappa shape index (κ1) is 18.0. The van der Waals surface area contributed by atoms with Crippen LogP contribution in [0.15, 0.2) is 60.8 Å². The first-order valence-electron chi connectivity index (χ1n) is 8.17. The summed E-state index contributed by atoms with van der Waals surface area (Å²) in [4.78, 5) is 17.3. The van der Waals surface area contributed by atoms with Gasteiger partial charge >= 0.3 is 0 Å². The Hall–Kier alpha value is -3.40. The largest absolute Gasteiger partial charge is 0.305 e. The van der Waals surface area contributed by atoms with Gasteiger partial charge in [-0.3, -0.25) is 4.79 Å². The van der Waals surface area contributed by atoms with E-state index >= 15 is 0 Å². The van der Waals surface area contributed by atoms with Gasteiger partial charge in [0.15, 0.2) is 11.6 Å². The predicted molar refractivity (Wildman–Crippen MR) is 108 cm³/mol. The number of pyridine rings is 1. The number of amides is 1. The Morgan fingerprint density at radius 3 is 2.71 bits per heavy atom. The van der Waals surface area contributed by atoms with Gasteiger partial charge in [-0.05, 0) is 36.4 Å². The van der Waals surface area contributed by atoms with E-state index in [4.69, 9.17) is 23.2 Å². The zero-order valence-electron chi connectivity index (χ0n) is 14.2. The third-order valence-corrected chi connectivity index (χ3v) is 4.65. The Morgan fingerprint density at radius 2 is 1.93 bits per heavy atom. The van der Waals surface area contributed by atoms with E-state index in [0.29, 0.717) is 10.8 Å². The van der Waals surface area contributed by atoms with Crippen LogP contribution in [0.3, 0.4) is 0 Å². The molecule has 2 aromatic heterocycles. The highest BCUT2D eigenvalue weighted by molar-refractivity contribution is 6.37. The Labute approximate surface area is 169 Å². The molecule has 1 amide bonds. The molecule has 0 bridgehead atoms. The summed E-state index contributed by atoms with van der Waals surface area (Å²) in [6.07, 6.45) is 1.37. The molecule has 0 saturated heterocycles. The molecule has 0 saturated carbocycles. The smallest absolute Gasteiger partial charge is 0.258 e. The summed E-state index contributed by atoms with van der Waals surface area (Å²) in [7, 11) is 0. The molecule has 6 nitrogen and oxygen atoms in total. The lowest BCUT2D eigenvalue weighted by atomic mass is 10.2. The minimum Gasteiger partial charge on any atom is -0.305 e. The first-order valence-corrected chi connectivity index (χ1v) is 8.93. The van der Waals surface area contributed by atoms with Crippen LogP contribution in [-0.4, -0.2) is 20.7 Å². The molecule has 4 rings (SSSR count). The summed E-state index contributed by atoms with van der Waals surface area (Å²) in [6, 6.07) is 17.9. The van der Waals surface area contributed by atoms with Crippen LogP contribution in [0.1, 0.15) is 15.9 Å². The van der Waals surface area contributed by atoms with E-state index in [1.165, 1.54) is 23.0 Å². The second kappa shape index (κ2) is 7.31. The van der Waals surface area contributed by atoms with Crippen LogP contribution in [0.4, 0.5) is 5.82 Å². The van der Waals surface area contributed by atoms with E-state index in [2.05, 4.69) is 15.4 Å². The molecule has 1 N–H and O–H groups in total. The SMILES string of the molecule is N#Cc1cnn(-c2ccc3ccccc3n2)c1NC(=O)c1ccc(Cl)cc1Cl. The summed E-state index contributed by atoms with van der Waals surface area (Å²) < 4.78 is 1.41. The molecule has 0 radical (unpaired) electrons. The van der Waals surface area contributed by atoms with Gasteiger partial charge in [0, 0.05) is 10.4 Å². The molecular weight excluding hydrogens is 397 g/mol. The maximum Gasteiger partial charge on any atom is 0.258 e. The lowest BCUT2D eigenvalue weighted by Gasteiger charge is -2.10. The molecular formula is C20H11Cl2N5O. The third-order valence-electron chi connectivity index (χ3n) is 4.10. The van der Waals surface area contributed by atoms with Gasteiger partial charge in [-0.2, -0.15) is 15.0 Å². The maximum absolute atomic E-state index is 12.7. The monoisotopic (exact) mass is 407 g/mol. The van der Waals surface area contributed by atoms with E-state index in [1.54, 1.807) is 12.1 Å². The summed E-state index contributed by atoms with van der Waals surface area (Å²) in [5.74, 6) is 0.194.